The molecule has 0 bridgehead atoms. The van der Waals surface area contributed by atoms with E-state index in [0.29, 0.717) is 22.5 Å². The van der Waals surface area contributed by atoms with Crippen LogP contribution in [0.3, 0.4) is 0 Å². The average Bonchev–Trinajstić information content (AvgIpc) is 3.49. The van der Waals surface area contributed by atoms with Crippen LogP contribution < -0.4 is 10.2 Å². The van der Waals surface area contributed by atoms with Crippen LogP contribution in [0.2, 0.25) is 5.02 Å². The minimum absolute atomic E-state index is 0.323. The lowest BCUT2D eigenvalue weighted by atomic mass is 10.1. The monoisotopic (exact) mass is 539 g/mol. The number of aliphatic imine (C=N–C) groups is 1. The summed E-state index contributed by atoms with van der Waals surface area (Å²) in [6, 6.07) is 14.5. The van der Waals surface area contributed by atoms with Crippen molar-refractivity contribution < 1.29 is 14.0 Å². The van der Waals surface area contributed by atoms with Crippen molar-refractivity contribution in [3.05, 3.63) is 53.6 Å². The standard InChI is InChI=1S/C25H26ClN7O3S/c1-30-21-20(22(34)29-24(30)35)33(13-14-37-25-27-18-7-2-3-8-19(18)36-25)23(28-21)32-11-9-31(10-12-32)17-6-4-5-16(26)15-17/h2-8,15,20-21H,9-14H2,1H3,(H,29,34,35). The molecule has 0 radical (unpaired) electrons. The third-order valence-corrected chi connectivity index (χ3v) is 7.95. The smallest absolute Gasteiger partial charge is 0.325 e. The van der Waals surface area contributed by atoms with E-state index in [1.807, 2.05) is 47.4 Å². The van der Waals surface area contributed by atoms with Crippen LogP contribution in [0, 0.1) is 0 Å². The number of hydrogen-bond donors (Lipinski definition) is 1. The van der Waals surface area contributed by atoms with Crippen molar-refractivity contribution in [1.82, 2.24) is 25.0 Å². The number of nitrogens with one attached hydrogen (secondary N) is 1. The zero-order chi connectivity index (χ0) is 25.5. The van der Waals surface area contributed by atoms with Gasteiger partial charge in [-0.2, -0.15) is 0 Å². The van der Waals surface area contributed by atoms with Crippen LogP contribution in [0.1, 0.15) is 0 Å². The van der Waals surface area contributed by atoms with Gasteiger partial charge >= 0.3 is 6.03 Å². The number of anilines is 1. The minimum Gasteiger partial charge on any atom is -0.431 e. The molecule has 3 aliphatic heterocycles. The van der Waals surface area contributed by atoms with Gasteiger partial charge in [0.05, 0.1) is 0 Å². The summed E-state index contributed by atoms with van der Waals surface area (Å²) in [5.74, 6) is 1.06. The van der Waals surface area contributed by atoms with Crippen LogP contribution in [-0.2, 0) is 4.79 Å². The van der Waals surface area contributed by atoms with Gasteiger partial charge in [-0.25, -0.2) is 14.8 Å². The minimum atomic E-state index is -0.576. The molecule has 0 saturated carbocycles. The maximum Gasteiger partial charge on any atom is 0.325 e. The Balaban J connectivity index is 1.18. The molecule has 192 valence electrons. The Morgan fingerprint density at radius 1 is 1.08 bits per heavy atom. The molecule has 2 aromatic carbocycles. The molecule has 3 amide bonds. The maximum absolute atomic E-state index is 12.9. The third-order valence-electron chi connectivity index (χ3n) is 6.91. The van der Waals surface area contributed by atoms with Crippen molar-refractivity contribution in [3.8, 4) is 0 Å². The molecule has 0 spiro atoms. The highest BCUT2D eigenvalue weighted by Gasteiger charge is 2.49. The predicted molar refractivity (Wildman–Crippen MR) is 143 cm³/mol. The molecule has 2 unspecified atom stereocenters. The van der Waals surface area contributed by atoms with Crippen LogP contribution in [-0.4, -0.2) is 95.3 Å². The van der Waals surface area contributed by atoms with E-state index in [-0.39, 0.29) is 5.91 Å². The number of rotatable bonds is 5. The van der Waals surface area contributed by atoms with Gasteiger partial charge in [0.2, 0.25) is 0 Å². The number of halogens is 1. The summed E-state index contributed by atoms with van der Waals surface area (Å²) in [7, 11) is 1.67. The van der Waals surface area contributed by atoms with Gasteiger partial charge in [-0.1, -0.05) is 41.6 Å². The second kappa shape index (κ2) is 9.79. The summed E-state index contributed by atoms with van der Waals surface area (Å²) in [5, 5.41) is 3.77. The van der Waals surface area contributed by atoms with Gasteiger partial charge < -0.3 is 24.0 Å². The van der Waals surface area contributed by atoms with E-state index in [1.54, 1.807) is 7.05 Å². The number of likely N-dealkylation sites (N-methyl/N-ethyl adjacent to an activating group) is 1. The lowest BCUT2D eigenvalue weighted by Gasteiger charge is -2.41. The van der Waals surface area contributed by atoms with Gasteiger partial charge in [0.1, 0.15) is 5.52 Å². The zero-order valence-corrected chi connectivity index (χ0v) is 21.8. The van der Waals surface area contributed by atoms with Crippen LogP contribution in [0.5, 0.6) is 0 Å². The molecule has 3 aliphatic rings. The predicted octanol–water partition coefficient (Wildman–Crippen LogP) is 2.94. The Labute approximate surface area is 223 Å². The van der Waals surface area contributed by atoms with Gasteiger partial charge in [0.25, 0.3) is 11.1 Å². The number of piperazine rings is 1. The molecular weight excluding hydrogens is 514 g/mol. The summed E-state index contributed by atoms with van der Waals surface area (Å²) in [6.45, 7) is 3.60. The number of urea groups is 1. The van der Waals surface area contributed by atoms with Gasteiger partial charge in [-0.3, -0.25) is 10.1 Å². The fourth-order valence-electron chi connectivity index (χ4n) is 5.00. The van der Waals surface area contributed by atoms with Crippen molar-refractivity contribution in [2.75, 3.05) is 50.4 Å². The Bertz CT molecular complexity index is 1340. The van der Waals surface area contributed by atoms with E-state index in [2.05, 4.69) is 26.2 Å². The molecule has 10 nitrogen and oxygen atoms in total. The first-order valence-corrected chi connectivity index (χ1v) is 13.5. The quantitative estimate of drug-likeness (QED) is 0.494. The van der Waals surface area contributed by atoms with Crippen molar-refractivity contribution in [2.24, 2.45) is 4.99 Å². The number of imide groups is 1. The van der Waals surface area contributed by atoms with Crippen molar-refractivity contribution in [3.63, 3.8) is 0 Å². The molecule has 3 aromatic rings. The highest BCUT2D eigenvalue weighted by atomic mass is 35.5. The summed E-state index contributed by atoms with van der Waals surface area (Å²) in [6.07, 6.45) is -0.559. The van der Waals surface area contributed by atoms with E-state index in [4.69, 9.17) is 21.0 Å². The largest absolute Gasteiger partial charge is 0.431 e. The first-order chi connectivity index (χ1) is 18.0. The van der Waals surface area contributed by atoms with E-state index in [9.17, 15) is 9.59 Å². The van der Waals surface area contributed by atoms with Crippen molar-refractivity contribution >= 4 is 58.0 Å². The summed E-state index contributed by atoms with van der Waals surface area (Å²) in [4.78, 5) is 42.7. The number of fused-ring (bicyclic) bond motifs is 2. The normalized spacial score (nSPS) is 21.9. The van der Waals surface area contributed by atoms with Gasteiger partial charge in [-0.05, 0) is 30.3 Å². The fourth-order valence-corrected chi connectivity index (χ4v) is 5.95. The van der Waals surface area contributed by atoms with Crippen LogP contribution >= 0.6 is 23.4 Å². The number of guanidine groups is 1. The van der Waals surface area contributed by atoms with E-state index >= 15 is 0 Å². The number of carbonyl (C=O) groups is 2. The Kier molecular flexibility index (Phi) is 6.33. The molecular formula is C25H26ClN7O3S. The summed E-state index contributed by atoms with van der Waals surface area (Å²) in [5.41, 5.74) is 2.65. The van der Waals surface area contributed by atoms with E-state index in [0.717, 1.165) is 48.9 Å². The molecule has 4 heterocycles. The number of hydrogen-bond acceptors (Lipinski definition) is 9. The summed E-state index contributed by atoms with van der Waals surface area (Å²) < 4.78 is 5.84. The fraction of sp³-hybridized carbons (Fsp3) is 0.360. The molecule has 2 fully saturated rings. The van der Waals surface area contributed by atoms with Crippen LogP contribution in [0.15, 0.2) is 63.2 Å². The van der Waals surface area contributed by atoms with E-state index < -0.39 is 18.2 Å². The molecule has 12 heteroatoms. The molecule has 0 aliphatic carbocycles. The second-order valence-electron chi connectivity index (χ2n) is 9.14. The zero-order valence-electron chi connectivity index (χ0n) is 20.2. The Morgan fingerprint density at radius 2 is 1.86 bits per heavy atom. The third kappa shape index (κ3) is 4.57. The first-order valence-electron chi connectivity index (χ1n) is 12.1. The van der Waals surface area contributed by atoms with Crippen molar-refractivity contribution in [1.29, 1.82) is 0 Å². The highest BCUT2D eigenvalue weighted by molar-refractivity contribution is 7.99. The molecule has 1 N–H and O–H groups in total. The van der Waals surface area contributed by atoms with Gasteiger partial charge in [0.15, 0.2) is 23.8 Å². The number of para-hydroxylation sites is 2. The number of thioether (sulfide) groups is 1. The molecule has 2 atom stereocenters. The van der Waals surface area contributed by atoms with Gasteiger partial charge in [0, 0.05) is 56.2 Å². The number of aromatic nitrogens is 1. The Morgan fingerprint density at radius 3 is 2.65 bits per heavy atom. The average molecular weight is 540 g/mol. The lowest BCUT2D eigenvalue weighted by Crippen LogP contribution is -2.64. The number of amides is 3. The SMILES string of the molecule is CN1C(=O)NC(=O)C2C1N=C(N1CCN(c3cccc(Cl)c3)CC1)N2CCSc1nc2ccccc2o1. The molecule has 1 aromatic heterocycles. The molecule has 6 rings (SSSR count). The first kappa shape index (κ1) is 23.9. The van der Waals surface area contributed by atoms with Crippen molar-refractivity contribution in [2.45, 2.75) is 17.4 Å². The van der Waals surface area contributed by atoms with Crippen LogP contribution in [0.4, 0.5) is 10.5 Å². The van der Waals surface area contributed by atoms with Gasteiger partial charge in [-0.15, -0.1) is 0 Å². The molecule has 2 saturated heterocycles. The van der Waals surface area contributed by atoms with E-state index in [1.165, 1.54) is 16.7 Å². The number of carbonyl (C=O) groups excluding carboxylic acids is 2. The van der Waals surface area contributed by atoms with Crippen LogP contribution in [0.25, 0.3) is 11.1 Å². The highest BCUT2D eigenvalue weighted by Crippen LogP contribution is 2.29. The maximum atomic E-state index is 12.9. The molecule has 37 heavy (non-hydrogen) atoms. The number of nitrogens with zero attached hydrogens (tertiary/aromatic N) is 6. The number of oxazole rings is 1. The second-order valence-corrected chi connectivity index (χ2v) is 10.6. The number of benzene rings is 2. The lowest BCUT2D eigenvalue weighted by molar-refractivity contribution is -0.127. The topological polar surface area (TPSA) is 97.5 Å². The summed E-state index contributed by atoms with van der Waals surface area (Å²) >= 11 is 7.69. The Hall–Kier alpha value is -3.44.